The van der Waals surface area contributed by atoms with Crippen LogP contribution in [-0.2, 0) is 33.4 Å². The fraction of sp³-hybridized carbons (Fsp3) is 0.468. The van der Waals surface area contributed by atoms with E-state index in [-0.39, 0.29) is 90.7 Å². The maximum absolute atomic E-state index is 17.1. The highest BCUT2D eigenvalue weighted by Crippen LogP contribution is 2.43. The minimum absolute atomic E-state index is 0.000122. The number of thiazole rings is 1. The standard InChI is InChI=1S/C62H75ClFN9O10S/c1-8-52(77)71-21-23-72(24-22-71)58-48-32-49(63)53(47-30-43(74)29-42-11-9-10-12-46(42)47)54(64)55(48)68-61(69-58)83-37(2)33-70-19-17-45(18-20-70)82-28-27-80-25-26-81-35-51(76)67-57(62(5,6)7)60(79)73-34-44(75)31-50(73)59(78)66-38(3)40-13-15-41(16-14-40)56-39(4)65-36-84-56/h8-16,29-30,32,36-38,44-45,50,57,74-75H,1,17-28,31,33-35H2,2-7H3,(H,66,78)(H,67,76)/t37-,38+,44+,50+,57-/m1/s1. The van der Waals surface area contributed by atoms with Gasteiger partial charge in [0.05, 0.1) is 65.8 Å². The van der Waals surface area contributed by atoms with Crippen molar-refractivity contribution in [3.05, 3.63) is 107 Å². The van der Waals surface area contributed by atoms with Crippen LogP contribution in [0, 0.1) is 18.2 Å². The molecule has 0 bridgehead atoms. The third-order valence-electron chi connectivity index (χ3n) is 15.6. The molecule has 448 valence electrons. The van der Waals surface area contributed by atoms with Crippen LogP contribution >= 0.6 is 22.9 Å². The second kappa shape index (κ2) is 27.5. The molecule has 0 spiro atoms. The second-order valence-corrected chi connectivity index (χ2v) is 24.1. The number of carbonyl (C=O) groups excluding carboxylic acids is 4. The molecule has 4 N–H and O–H groups in total. The van der Waals surface area contributed by atoms with E-state index < -0.39 is 41.2 Å². The van der Waals surface area contributed by atoms with Gasteiger partial charge in [-0.2, -0.15) is 9.97 Å². The van der Waals surface area contributed by atoms with Crippen LogP contribution in [0.4, 0.5) is 10.2 Å². The molecule has 3 aliphatic rings. The first kappa shape index (κ1) is 61.7. The van der Waals surface area contributed by atoms with Crippen LogP contribution in [0.1, 0.15) is 71.2 Å². The van der Waals surface area contributed by atoms with E-state index in [4.69, 9.17) is 35.5 Å². The number of amides is 4. The number of hydrogen-bond acceptors (Lipinski definition) is 16. The molecule has 0 unspecified atom stereocenters. The van der Waals surface area contributed by atoms with Crippen molar-refractivity contribution >= 4 is 74.1 Å². The summed E-state index contributed by atoms with van der Waals surface area (Å²) in [6, 6.07) is 17.8. The zero-order valence-electron chi connectivity index (χ0n) is 48.4. The quantitative estimate of drug-likeness (QED) is 0.0375. The van der Waals surface area contributed by atoms with E-state index in [1.165, 1.54) is 17.0 Å². The van der Waals surface area contributed by atoms with Gasteiger partial charge in [-0.1, -0.05) is 87.5 Å². The first-order valence-corrected chi connectivity index (χ1v) is 29.8. The van der Waals surface area contributed by atoms with Crippen LogP contribution in [0.2, 0.25) is 5.02 Å². The van der Waals surface area contributed by atoms with E-state index in [0.29, 0.717) is 68.1 Å². The molecule has 6 aromatic rings. The fourth-order valence-corrected chi connectivity index (χ4v) is 12.3. The molecule has 2 aromatic heterocycles. The summed E-state index contributed by atoms with van der Waals surface area (Å²) >= 11 is 8.50. The van der Waals surface area contributed by atoms with E-state index in [0.717, 1.165) is 53.0 Å². The number of aromatic nitrogens is 3. The Morgan fingerprint density at radius 2 is 1.63 bits per heavy atom. The van der Waals surface area contributed by atoms with Crippen LogP contribution in [0.5, 0.6) is 11.8 Å². The third-order valence-corrected chi connectivity index (χ3v) is 16.9. The second-order valence-electron chi connectivity index (χ2n) is 22.9. The third kappa shape index (κ3) is 14.8. The molecular weight excluding hydrogens is 1120 g/mol. The molecule has 3 fully saturated rings. The first-order valence-electron chi connectivity index (χ1n) is 28.6. The molecule has 22 heteroatoms. The number of halogens is 2. The van der Waals surface area contributed by atoms with Crippen molar-refractivity contribution in [3.63, 3.8) is 0 Å². The number of β-amino-alcohol motifs (C(OH)–C–C–N with tert-alkyl or cyclic N) is 1. The van der Waals surface area contributed by atoms with Crippen LogP contribution in [-0.4, -0.2) is 179 Å². The maximum Gasteiger partial charge on any atom is 0.319 e. The molecule has 3 aliphatic heterocycles. The Hall–Kier alpha value is -6.85. The summed E-state index contributed by atoms with van der Waals surface area (Å²) in [5, 5.41) is 29.1. The van der Waals surface area contributed by atoms with Gasteiger partial charge >= 0.3 is 6.01 Å². The molecule has 0 radical (unpaired) electrons. The number of aryl methyl sites for hydroxylation is 1. The van der Waals surface area contributed by atoms with E-state index in [2.05, 4.69) is 32.1 Å². The summed E-state index contributed by atoms with van der Waals surface area (Å²) in [5.74, 6) is -1.79. The average Bonchev–Trinajstić information content (AvgIpc) is 2.32. The lowest BCUT2D eigenvalue weighted by Gasteiger charge is -2.35. The van der Waals surface area contributed by atoms with Crippen molar-refractivity contribution in [1.29, 1.82) is 0 Å². The Morgan fingerprint density at radius 1 is 0.917 bits per heavy atom. The number of carbonyl (C=O) groups is 4. The van der Waals surface area contributed by atoms with Crippen molar-refractivity contribution < 1.29 is 52.7 Å². The van der Waals surface area contributed by atoms with Crippen molar-refractivity contribution in [2.45, 2.75) is 97.2 Å². The van der Waals surface area contributed by atoms with E-state index in [1.807, 2.05) is 100 Å². The number of nitrogens with one attached hydrogen (secondary N) is 2. The number of hydrogen-bond donors (Lipinski definition) is 4. The molecule has 4 amide bonds. The average molecular weight is 1190 g/mol. The predicted octanol–water partition coefficient (Wildman–Crippen LogP) is 7.87. The Balaban J connectivity index is 0.707. The van der Waals surface area contributed by atoms with Crippen LogP contribution < -0.4 is 20.3 Å². The summed E-state index contributed by atoms with van der Waals surface area (Å²) in [4.78, 5) is 75.7. The number of aliphatic hydroxyl groups is 1. The number of aromatic hydroxyl groups is 1. The van der Waals surface area contributed by atoms with Gasteiger partial charge in [-0.25, -0.2) is 9.37 Å². The van der Waals surface area contributed by atoms with Gasteiger partial charge < -0.3 is 54.5 Å². The number of piperazine rings is 1. The monoisotopic (exact) mass is 1190 g/mol. The number of piperidine rings is 1. The number of phenolic OH excluding ortho intramolecular Hbond substituents is 1. The number of rotatable bonds is 22. The summed E-state index contributed by atoms with van der Waals surface area (Å²) in [7, 11) is 0. The van der Waals surface area contributed by atoms with E-state index in [1.54, 1.807) is 28.4 Å². The first-order chi connectivity index (χ1) is 40.3. The van der Waals surface area contributed by atoms with Gasteiger partial charge in [0.2, 0.25) is 23.6 Å². The zero-order valence-corrected chi connectivity index (χ0v) is 50.0. The Labute approximate surface area is 498 Å². The van der Waals surface area contributed by atoms with Crippen LogP contribution in [0.25, 0.3) is 43.2 Å². The van der Waals surface area contributed by atoms with Crippen molar-refractivity contribution in [1.82, 2.24) is 40.3 Å². The summed E-state index contributed by atoms with van der Waals surface area (Å²) in [6.07, 6.45) is 1.68. The normalized spacial score (nSPS) is 18.2. The lowest BCUT2D eigenvalue weighted by molar-refractivity contribution is -0.144. The predicted molar refractivity (Wildman–Crippen MR) is 322 cm³/mol. The largest absolute Gasteiger partial charge is 0.508 e. The number of aliphatic hydroxyl groups excluding tert-OH is 1. The highest BCUT2D eigenvalue weighted by molar-refractivity contribution is 7.13. The van der Waals surface area contributed by atoms with Gasteiger partial charge in [0.15, 0.2) is 5.82 Å². The van der Waals surface area contributed by atoms with Gasteiger partial charge in [-0.3, -0.25) is 24.1 Å². The van der Waals surface area contributed by atoms with Gasteiger partial charge in [-0.15, -0.1) is 11.3 Å². The lowest BCUT2D eigenvalue weighted by atomic mass is 9.85. The Kier molecular flexibility index (Phi) is 20.2. The molecule has 9 rings (SSSR count). The summed E-state index contributed by atoms with van der Waals surface area (Å²) in [5.41, 5.74) is 4.49. The number of fused-ring (bicyclic) bond motifs is 2. The van der Waals surface area contributed by atoms with Crippen molar-refractivity contribution in [2.75, 3.05) is 90.3 Å². The minimum Gasteiger partial charge on any atom is -0.508 e. The molecule has 3 saturated heterocycles. The van der Waals surface area contributed by atoms with Gasteiger partial charge in [0.1, 0.15) is 41.9 Å². The lowest BCUT2D eigenvalue weighted by Crippen LogP contribution is -2.58. The molecule has 5 heterocycles. The number of benzene rings is 4. The Morgan fingerprint density at radius 3 is 2.33 bits per heavy atom. The number of anilines is 1. The highest BCUT2D eigenvalue weighted by atomic mass is 35.5. The van der Waals surface area contributed by atoms with Gasteiger partial charge in [0.25, 0.3) is 0 Å². The van der Waals surface area contributed by atoms with E-state index in [9.17, 15) is 29.4 Å². The number of nitrogens with zero attached hydrogens (tertiary/aromatic N) is 7. The minimum atomic E-state index is -0.996. The smallest absolute Gasteiger partial charge is 0.319 e. The van der Waals surface area contributed by atoms with Gasteiger partial charge in [-0.05, 0) is 90.8 Å². The van der Waals surface area contributed by atoms with Crippen molar-refractivity contribution in [3.8, 4) is 33.3 Å². The number of phenols is 1. The summed E-state index contributed by atoms with van der Waals surface area (Å²) in [6.45, 7) is 19.3. The van der Waals surface area contributed by atoms with Crippen LogP contribution in [0.3, 0.4) is 0 Å². The molecule has 19 nitrogen and oxygen atoms in total. The molecule has 0 saturated carbocycles. The molecule has 0 aliphatic carbocycles. The van der Waals surface area contributed by atoms with E-state index >= 15 is 4.39 Å². The van der Waals surface area contributed by atoms with Crippen LogP contribution in [0.15, 0.2) is 84.9 Å². The fourth-order valence-electron chi connectivity index (χ4n) is 11.2. The zero-order chi connectivity index (χ0) is 59.8. The molecule has 5 atom stereocenters. The van der Waals surface area contributed by atoms with Gasteiger partial charge in [0, 0.05) is 69.7 Å². The number of ether oxygens (including phenoxy) is 4. The van der Waals surface area contributed by atoms with Crippen molar-refractivity contribution in [2.24, 2.45) is 5.41 Å². The number of likely N-dealkylation sites (tertiary alicyclic amines) is 2. The topological polar surface area (TPSA) is 221 Å². The SMILES string of the molecule is C=CC(=O)N1CCN(c2nc(O[C@H](C)CN3CCC(OCCOCCOCC(=O)N[C@H](C(=O)N4C[C@@H](O)C[C@H]4C(=O)N[C@@H](C)c4ccc(-c5scnc5C)cc4)C(C)(C)C)CC3)nc3c(F)c(-c4cc(O)cc5ccccc45)c(Cl)cc23)CC1. The molecule has 84 heavy (non-hydrogen) atoms. The molecule has 4 aromatic carbocycles. The molecular formula is C62H75ClFN9O10S. The highest BCUT2D eigenvalue weighted by Gasteiger charge is 2.45. The Bertz CT molecular complexity index is 3330. The maximum atomic E-state index is 17.1. The summed E-state index contributed by atoms with van der Waals surface area (Å²) < 4.78 is 41.1.